The minimum Gasteiger partial charge on any atom is -0.435 e. The molecule has 1 aromatic heterocycles. The zero-order valence-corrected chi connectivity index (χ0v) is 18.6. The van der Waals surface area contributed by atoms with Gasteiger partial charge in [0.25, 0.3) is 6.73 Å². The average Bonchev–Trinajstić information content (AvgIpc) is 3.09. The molecule has 0 atom stereocenters. The average molecular weight is 425 g/mol. The van der Waals surface area contributed by atoms with Crippen molar-refractivity contribution in [3.05, 3.63) is 96.2 Å². The van der Waals surface area contributed by atoms with Gasteiger partial charge in [0.1, 0.15) is 5.75 Å². The summed E-state index contributed by atoms with van der Waals surface area (Å²) in [6.07, 6.45) is 2.28. The van der Waals surface area contributed by atoms with E-state index in [2.05, 4.69) is 103 Å². The molecule has 0 amide bonds. The van der Waals surface area contributed by atoms with Crippen LogP contribution in [0.3, 0.4) is 0 Å². The van der Waals surface area contributed by atoms with Crippen molar-refractivity contribution in [3.8, 4) is 17.0 Å². The molecule has 1 aliphatic carbocycles. The second-order valence-electron chi connectivity index (χ2n) is 10.0. The van der Waals surface area contributed by atoms with Crippen molar-refractivity contribution in [3.63, 3.8) is 0 Å². The minimum atomic E-state index is -0.152. The van der Waals surface area contributed by atoms with E-state index in [-0.39, 0.29) is 5.41 Å². The van der Waals surface area contributed by atoms with Gasteiger partial charge in [-0.3, -0.25) is 0 Å². The lowest BCUT2D eigenvalue weighted by Gasteiger charge is -2.24. The highest BCUT2D eigenvalue weighted by Crippen LogP contribution is 2.57. The third-order valence-corrected chi connectivity index (χ3v) is 7.85. The fourth-order valence-corrected chi connectivity index (χ4v) is 6.48. The summed E-state index contributed by atoms with van der Waals surface area (Å²) < 4.78 is 8.70. The number of pyridine rings is 1. The molecule has 156 valence electrons. The van der Waals surface area contributed by atoms with E-state index in [9.17, 15) is 0 Å². The summed E-state index contributed by atoms with van der Waals surface area (Å²) >= 11 is 0. The molecule has 5 aromatic carbocycles. The Labute approximate surface area is 191 Å². The quantitative estimate of drug-likeness (QED) is 0.142. The highest BCUT2D eigenvalue weighted by Gasteiger charge is 2.48. The Morgan fingerprint density at radius 1 is 0.697 bits per heavy atom. The van der Waals surface area contributed by atoms with Gasteiger partial charge in [-0.2, -0.15) is 4.57 Å². The fourth-order valence-electron chi connectivity index (χ4n) is 6.48. The van der Waals surface area contributed by atoms with Crippen LogP contribution in [-0.2, 0) is 12.1 Å². The summed E-state index contributed by atoms with van der Waals surface area (Å²) in [5.74, 6) is 1.01. The van der Waals surface area contributed by atoms with Crippen molar-refractivity contribution in [1.29, 1.82) is 0 Å². The van der Waals surface area contributed by atoms with Gasteiger partial charge < -0.3 is 4.74 Å². The van der Waals surface area contributed by atoms with Crippen LogP contribution in [-0.4, -0.2) is 0 Å². The number of rotatable bonds is 0. The number of fused-ring (bicyclic) bond motifs is 7. The summed E-state index contributed by atoms with van der Waals surface area (Å²) in [4.78, 5) is 0. The molecule has 8 rings (SSSR count). The maximum atomic E-state index is 6.38. The van der Waals surface area contributed by atoms with Gasteiger partial charge in [0, 0.05) is 16.4 Å². The third kappa shape index (κ3) is 2.07. The van der Waals surface area contributed by atoms with Gasteiger partial charge in [0.15, 0.2) is 6.20 Å². The Bertz CT molecular complexity index is 1840. The Morgan fingerprint density at radius 3 is 2.27 bits per heavy atom. The van der Waals surface area contributed by atoms with Crippen LogP contribution in [0.15, 0.2) is 85.1 Å². The van der Waals surface area contributed by atoms with Crippen LogP contribution in [0, 0.1) is 0 Å². The molecule has 0 fully saturated rings. The highest BCUT2D eigenvalue weighted by molar-refractivity contribution is 6.15. The number of hydrogen-bond donors (Lipinski definition) is 0. The third-order valence-electron chi connectivity index (χ3n) is 7.85. The number of hydrogen-bond acceptors (Lipinski definition) is 1. The number of benzene rings is 5. The van der Waals surface area contributed by atoms with E-state index >= 15 is 0 Å². The first-order valence-corrected chi connectivity index (χ1v) is 11.6. The summed E-state index contributed by atoms with van der Waals surface area (Å²) in [5, 5.41) is 10.4. The van der Waals surface area contributed by atoms with Crippen LogP contribution in [0.5, 0.6) is 5.75 Å². The van der Waals surface area contributed by atoms with E-state index in [0.717, 1.165) is 5.75 Å². The smallest absolute Gasteiger partial charge is 0.292 e. The van der Waals surface area contributed by atoms with Crippen molar-refractivity contribution in [2.24, 2.45) is 0 Å². The van der Waals surface area contributed by atoms with Crippen molar-refractivity contribution in [2.75, 3.05) is 0 Å². The molecule has 1 aliphatic heterocycles. The van der Waals surface area contributed by atoms with Gasteiger partial charge in [0.2, 0.25) is 5.69 Å². The maximum Gasteiger partial charge on any atom is 0.292 e. The summed E-state index contributed by atoms with van der Waals surface area (Å²) in [6.45, 7) is 5.34. The van der Waals surface area contributed by atoms with E-state index in [1.54, 1.807) is 0 Å². The molecule has 0 radical (unpaired) electrons. The summed E-state index contributed by atoms with van der Waals surface area (Å²) in [5.41, 5.74) is 5.27. The van der Waals surface area contributed by atoms with Crippen LogP contribution in [0.4, 0.5) is 0 Å². The molecule has 0 N–H and O–H groups in total. The Kier molecular flexibility index (Phi) is 3.05. The SMILES string of the molecule is CC1(C)c2c3[n+](cc4cc5ccccc5cc24)COc2cc4ccc5ccccc5c4c1c2-3. The number of aromatic nitrogens is 1. The summed E-state index contributed by atoms with van der Waals surface area (Å²) in [6, 6.07) is 28.9. The van der Waals surface area contributed by atoms with E-state index in [1.165, 1.54) is 65.5 Å². The molecule has 0 saturated heterocycles. The van der Waals surface area contributed by atoms with Crippen molar-refractivity contribution in [2.45, 2.75) is 26.0 Å². The van der Waals surface area contributed by atoms with E-state index in [1.807, 2.05) is 0 Å². The lowest BCUT2D eigenvalue weighted by atomic mass is 9.77. The molecule has 2 heterocycles. The monoisotopic (exact) mass is 424 g/mol. The predicted molar refractivity (Wildman–Crippen MR) is 135 cm³/mol. The van der Waals surface area contributed by atoms with Gasteiger partial charge >= 0.3 is 0 Å². The van der Waals surface area contributed by atoms with Crippen LogP contribution >= 0.6 is 0 Å². The van der Waals surface area contributed by atoms with Crippen LogP contribution in [0.2, 0.25) is 0 Å². The first kappa shape index (κ1) is 17.6. The zero-order chi connectivity index (χ0) is 21.9. The van der Waals surface area contributed by atoms with Crippen LogP contribution in [0.25, 0.3) is 54.3 Å². The zero-order valence-electron chi connectivity index (χ0n) is 18.6. The second-order valence-corrected chi connectivity index (χ2v) is 10.0. The number of ether oxygens (including phenoxy) is 1. The lowest BCUT2D eigenvalue weighted by molar-refractivity contribution is -0.716. The molecule has 0 saturated carbocycles. The molecule has 33 heavy (non-hydrogen) atoms. The highest BCUT2D eigenvalue weighted by atomic mass is 16.5. The van der Waals surface area contributed by atoms with Crippen molar-refractivity contribution in [1.82, 2.24) is 0 Å². The maximum absolute atomic E-state index is 6.38. The largest absolute Gasteiger partial charge is 0.435 e. The molecule has 2 aliphatic rings. The van der Waals surface area contributed by atoms with Gasteiger partial charge in [-0.05, 0) is 61.5 Å². The van der Waals surface area contributed by atoms with Gasteiger partial charge in [-0.25, -0.2) is 0 Å². The number of nitrogens with zero attached hydrogens (tertiary/aromatic N) is 1. The molecule has 6 aromatic rings. The molecule has 2 nitrogen and oxygen atoms in total. The standard InChI is InChI=1S/C31H22NO/c1-31(2)28-24-14-20-9-4-3-8-19(20)13-22(24)16-32-17-33-25-15-21-12-11-18-7-5-6-10-23(18)26(21)29(31)27(25)30(28)32/h3-16H,17H2,1-2H3/q+1. The summed E-state index contributed by atoms with van der Waals surface area (Å²) in [7, 11) is 0. The molecular formula is C31H22NO+. The van der Waals surface area contributed by atoms with Crippen LogP contribution < -0.4 is 9.30 Å². The fraction of sp³-hybridized carbons (Fsp3) is 0.129. The van der Waals surface area contributed by atoms with Gasteiger partial charge in [0.05, 0.1) is 5.56 Å². The van der Waals surface area contributed by atoms with E-state index < -0.39 is 0 Å². The molecule has 2 heteroatoms. The molecule has 0 bridgehead atoms. The first-order valence-electron chi connectivity index (χ1n) is 11.6. The normalized spacial score (nSPS) is 15.3. The van der Waals surface area contributed by atoms with Crippen molar-refractivity contribution < 1.29 is 9.30 Å². The Hall–Kier alpha value is -3.91. The first-order chi connectivity index (χ1) is 16.1. The Morgan fingerprint density at radius 2 is 1.42 bits per heavy atom. The minimum absolute atomic E-state index is 0.152. The Balaban J connectivity index is 1.61. The van der Waals surface area contributed by atoms with E-state index in [4.69, 9.17) is 4.74 Å². The van der Waals surface area contributed by atoms with E-state index in [0.29, 0.717) is 6.73 Å². The van der Waals surface area contributed by atoms with Gasteiger partial charge in [-0.15, -0.1) is 0 Å². The molecular weight excluding hydrogens is 402 g/mol. The topological polar surface area (TPSA) is 13.1 Å². The second kappa shape index (κ2) is 5.71. The van der Waals surface area contributed by atoms with Gasteiger partial charge in [-0.1, -0.05) is 74.5 Å². The molecule has 0 spiro atoms. The van der Waals surface area contributed by atoms with Crippen molar-refractivity contribution >= 4 is 43.1 Å². The molecule has 0 unspecified atom stereocenters. The lowest BCUT2D eigenvalue weighted by Crippen LogP contribution is -2.41. The van der Waals surface area contributed by atoms with Crippen LogP contribution in [0.1, 0.15) is 25.0 Å². The predicted octanol–water partition coefficient (Wildman–Crippen LogP) is 7.24.